The normalized spacial score (nSPS) is 24.4. The van der Waals surface area contributed by atoms with Gasteiger partial charge in [0.15, 0.2) is 15.7 Å². The smallest absolute Gasteiger partial charge is 0.218 e. The lowest BCUT2D eigenvalue weighted by Crippen LogP contribution is -2.46. The summed E-state index contributed by atoms with van der Waals surface area (Å²) in [6.07, 6.45) is 0.490. The molecule has 0 amide bonds. The number of nitrogens with zero attached hydrogens (tertiary/aromatic N) is 3. The molecule has 7 nitrogen and oxygen atoms in total. The molecule has 0 aromatic carbocycles. The van der Waals surface area contributed by atoms with E-state index >= 15 is 0 Å². The van der Waals surface area contributed by atoms with Crippen LogP contribution >= 0.6 is 0 Å². The summed E-state index contributed by atoms with van der Waals surface area (Å²) in [5.74, 6) is 1.27. The Morgan fingerprint density at radius 3 is 2.94 bits per heavy atom. The maximum Gasteiger partial charge on any atom is 0.218 e. The quantitative estimate of drug-likeness (QED) is 0.645. The van der Waals surface area contributed by atoms with Gasteiger partial charge in [0.05, 0.1) is 11.5 Å². The summed E-state index contributed by atoms with van der Waals surface area (Å²) < 4.78 is 24.3. The molecule has 1 atom stereocenters. The van der Waals surface area contributed by atoms with Crippen molar-refractivity contribution in [1.29, 1.82) is 0 Å². The van der Waals surface area contributed by atoms with Crippen molar-refractivity contribution in [3.8, 4) is 0 Å². The van der Waals surface area contributed by atoms with Crippen LogP contribution in [0.4, 0.5) is 5.95 Å². The highest BCUT2D eigenvalue weighted by molar-refractivity contribution is 7.91. The Kier molecular flexibility index (Phi) is 2.85. The maximum absolute atomic E-state index is 11.4. The minimum absolute atomic E-state index is 0.111. The Hall–Kier alpha value is -1.15. The molecule has 2 rings (SSSR count). The fraction of sp³-hybridized carbons (Fsp3) is 0.750. The van der Waals surface area contributed by atoms with Crippen molar-refractivity contribution in [2.45, 2.75) is 12.5 Å². The molecule has 0 aliphatic carbocycles. The van der Waals surface area contributed by atoms with E-state index in [9.17, 15) is 8.42 Å². The monoisotopic (exact) mass is 245 g/mol. The first kappa shape index (κ1) is 11.3. The van der Waals surface area contributed by atoms with E-state index in [1.165, 1.54) is 4.68 Å². The van der Waals surface area contributed by atoms with Crippen molar-refractivity contribution < 1.29 is 8.42 Å². The second-order valence-electron chi connectivity index (χ2n) is 3.98. The van der Waals surface area contributed by atoms with Gasteiger partial charge < -0.3 is 11.1 Å². The van der Waals surface area contributed by atoms with Gasteiger partial charge in [-0.05, 0) is 0 Å². The van der Waals surface area contributed by atoms with E-state index in [1.807, 2.05) is 0 Å². The van der Waals surface area contributed by atoms with Gasteiger partial charge >= 0.3 is 0 Å². The van der Waals surface area contributed by atoms with E-state index in [-0.39, 0.29) is 17.5 Å². The van der Waals surface area contributed by atoms with E-state index < -0.39 is 9.84 Å². The lowest BCUT2D eigenvalue weighted by molar-refractivity contribution is 0.507. The average molecular weight is 245 g/mol. The van der Waals surface area contributed by atoms with Gasteiger partial charge in [0, 0.05) is 26.1 Å². The van der Waals surface area contributed by atoms with Gasteiger partial charge in [-0.1, -0.05) is 0 Å². The number of sulfone groups is 1. The number of aromatic nitrogens is 3. The first-order chi connectivity index (χ1) is 7.46. The van der Waals surface area contributed by atoms with Crippen molar-refractivity contribution in [2.75, 3.05) is 23.8 Å². The molecule has 90 valence electrons. The SMILES string of the molecule is Cn1nc(CC2CS(=O)(=O)CCN2)nc1N. The van der Waals surface area contributed by atoms with Crippen molar-refractivity contribution in [2.24, 2.45) is 7.05 Å². The summed E-state index contributed by atoms with van der Waals surface area (Å²) in [4.78, 5) is 4.05. The van der Waals surface area contributed by atoms with Crippen molar-refractivity contribution in [1.82, 2.24) is 20.1 Å². The largest absolute Gasteiger partial charge is 0.368 e. The third-order valence-corrected chi connectivity index (χ3v) is 4.31. The molecule has 3 N–H and O–H groups in total. The van der Waals surface area contributed by atoms with Gasteiger partial charge in [-0.25, -0.2) is 13.1 Å². The first-order valence-electron chi connectivity index (χ1n) is 5.05. The van der Waals surface area contributed by atoms with E-state index in [1.54, 1.807) is 7.05 Å². The number of nitrogen functional groups attached to an aromatic ring is 1. The van der Waals surface area contributed by atoms with Crippen molar-refractivity contribution in [3.05, 3.63) is 5.82 Å². The Labute approximate surface area is 94.0 Å². The van der Waals surface area contributed by atoms with Crippen LogP contribution in [0.3, 0.4) is 0 Å². The van der Waals surface area contributed by atoms with Gasteiger partial charge in [-0.15, -0.1) is 0 Å². The summed E-state index contributed by atoms with van der Waals surface area (Å²) in [5.41, 5.74) is 5.55. The summed E-state index contributed by atoms with van der Waals surface area (Å²) in [7, 11) is -1.21. The molecule has 0 bridgehead atoms. The minimum atomic E-state index is -2.91. The fourth-order valence-electron chi connectivity index (χ4n) is 1.76. The zero-order valence-electron chi connectivity index (χ0n) is 9.05. The van der Waals surface area contributed by atoms with Crippen LogP contribution in [-0.4, -0.2) is 47.3 Å². The van der Waals surface area contributed by atoms with Crippen LogP contribution in [0.2, 0.25) is 0 Å². The second kappa shape index (κ2) is 4.02. The number of aryl methyl sites for hydroxylation is 1. The van der Waals surface area contributed by atoms with Gasteiger partial charge in [0.2, 0.25) is 5.95 Å². The number of anilines is 1. The lowest BCUT2D eigenvalue weighted by Gasteiger charge is -2.22. The van der Waals surface area contributed by atoms with E-state index in [0.29, 0.717) is 24.7 Å². The van der Waals surface area contributed by atoms with Crippen LogP contribution in [0.1, 0.15) is 5.82 Å². The Morgan fingerprint density at radius 2 is 2.38 bits per heavy atom. The molecule has 1 saturated heterocycles. The van der Waals surface area contributed by atoms with Crippen LogP contribution in [0.5, 0.6) is 0 Å². The van der Waals surface area contributed by atoms with E-state index in [0.717, 1.165) is 0 Å². The molecular weight excluding hydrogens is 230 g/mol. The molecule has 1 fully saturated rings. The third-order valence-electron chi connectivity index (χ3n) is 2.57. The standard InChI is InChI=1S/C8H15N5O2S/c1-13-8(9)11-7(12-13)4-6-5-16(14,15)3-2-10-6/h6,10H,2-5H2,1H3,(H2,9,11,12). The Bertz CT molecular complexity index is 461. The molecule has 1 aliphatic heterocycles. The molecule has 1 aromatic rings. The molecule has 16 heavy (non-hydrogen) atoms. The van der Waals surface area contributed by atoms with E-state index in [4.69, 9.17) is 5.73 Å². The molecule has 0 radical (unpaired) electrons. The zero-order chi connectivity index (χ0) is 11.8. The summed E-state index contributed by atoms with van der Waals surface area (Å²) in [6, 6.07) is -0.111. The summed E-state index contributed by atoms with van der Waals surface area (Å²) in [5, 5.41) is 7.24. The average Bonchev–Trinajstić information content (AvgIpc) is 2.43. The third kappa shape index (κ3) is 2.50. The number of nitrogens with two attached hydrogens (primary N) is 1. The van der Waals surface area contributed by atoms with Gasteiger partial charge in [-0.2, -0.15) is 10.1 Å². The molecule has 2 heterocycles. The Balaban J connectivity index is 2.05. The molecule has 1 aromatic heterocycles. The Morgan fingerprint density at radius 1 is 1.62 bits per heavy atom. The highest BCUT2D eigenvalue weighted by Gasteiger charge is 2.25. The maximum atomic E-state index is 11.4. The zero-order valence-corrected chi connectivity index (χ0v) is 9.87. The van der Waals surface area contributed by atoms with Crippen LogP contribution in [0, 0.1) is 0 Å². The van der Waals surface area contributed by atoms with Crippen molar-refractivity contribution in [3.63, 3.8) is 0 Å². The molecule has 0 spiro atoms. The first-order valence-corrected chi connectivity index (χ1v) is 6.87. The summed E-state index contributed by atoms with van der Waals surface area (Å²) >= 11 is 0. The number of hydrogen-bond acceptors (Lipinski definition) is 6. The molecular formula is C8H15N5O2S. The second-order valence-corrected chi connectivity index (χ2v) is 6.21. The predicted octanol–water partition coefficient (Wildman–Crippen LogP) is -1.67. The molecule has 0 saturated carbocycles. The molecule has 8 heteroatoms. The van der Waals surface area contributed by atoms with Gasteiger partial charge in [0.1, 0.15) is 0 Å². The van der Waals surface area contributed by atoms with E-state index in [2.05, 4.69) is 15.4 Å². The van der Waals surface area contributed by atoms with Crippen LogP contribution in [0.25, 0.3) is 0 Å². The number of hydrogen-bond donors (Lipinski definition) is 2. The highest BCUT2D eigenvalue weighted by Crippen LogP contribution is 2.07. The fourth-order valence-corrected chi connectivity index (χ4v) is 3.20. The van der Waals surface area contributed by atoms with Gasteiger partial charge in [0.25, 0.3) is 0 Å². The highest BCUT2D eigenvalue weighted by atomic mass is 32.2. The minimum Gasteiger partial charge on any atom is -0.368 e. The predicted molar refractivity (Wildman–Crippen MR) is 59.6 cm³/mol. The lowest BCUT2D eigenvalue weighted by atomic mass is 10.2. The van der Waals surface area contributed by atoms with Crippen LogP contribution < -0.4 is 11.1 Å². The molecule has 1 aliphatic rings. The van der Waals surface area contributed by atoms with Crippen LogP contribution in [0.15, 0.2) is 0 Å². The number of rotatable bonds is 2. The summed E-state index contributed by atoms with van der Waals surface area (Å²) in [6.45, 7) is 0.495. The topological polar surface area (TPSA) is 103 Å². The van der Waals surface area contributed by atoms with Crippen LogP contribution in [-0.2, 0) is 23.3 Å². The van der Waals surface area contributed by atoms with Crippen molar-refractivity contribution >= 4 is 15.8 Å². The van der Waals surface area contributed by atoms with Gasteiger partial charge in [-0.3, -0.25) is 0 Å². The molecule has 1 unspecified atom stereocenters. The number of nitrogens with one attached hydrogen (secondary N) is 1.